The lowest BCUT2D eigenvalue weighted by Crippen LogP contribution is -2.53. The van der Waals surface area contributed by atoms with Crippen molar-refractivity contribution in [3.05, 3.63) is 83.9 Å². The number of rotatable bonds is 14. The lowest BCUT2D eigenvalue weighted by molar-refractivity contribution is -0.140. The van der Waals surface area contributed by atoms with Gasteiger partial charge in [0.15, 0.2) is 11.5 Å². The number of nitrogens with zero attached hydrogens (tertiary/aromatic N) is 2. The molecule has 0 heterocycles. The molecule has 0 aliphatic rings. The molecule has 0 bridgehead atoms. The molecule has 0 aliphatic heterocycles. The Kier molecular flexibility index (Phi) is 11.5. The molecular formula is C31H37F2N3O6S. The Hall–Kier alpha value is -4.19. The lowest BCUT2D eigenvalue weighted by atomic mass is 10.1. The summed E-state index contributed by atoms with van der Waals surface area (Å²) in [6.07, 6.45) is 0.893. The monoisotopic (exact) mass is 617 g/mol. The molecule has 232 valence electrons. The number of amides is 2. The van der Waals surface area contributed by atoms with Crippen molar-refractivity contribution in [3.63, 3.8) is 0 Å². The first-order valence-corrected chi connectivity index (χ1v) is 15.2. The minimum absolute atomic E-state index is 0.0309. The van der Waals surface area contributed by atoms with Gasteiger partial charge in [-0.2, -0.15) is 0 Å². The van der Waals surface area contributed by atoms with E-state index in [0.29, 0.717) is 17.7 Å². The van der Waals surface area contributed by atoms with Crippen LogP contribution in [0.5, 0.6) is 11.5 Å². The van der Waals surface area contributed by atoms with E-state index in [1.807, 2.05) is 13.8 Å². The van der Waals surface area contributed by atoms with Crippen LogP contribution in [0.2, 0.25) is 0 Å². The number of carbonyl (C=O) groups excluding carboxylic acids is 2. The minimum Gasteiger partial charge on any atom is -0.493 e. The summed E-state index contributed by atoms with van der Waals surface area (Å²) >= 11 is 0. The van der Waals surface area contributed by atoms with Crippen molar-refractivity contribution < 1.29 is 36.3 Å². The molecule has 3 aromatic rings. The number of halogens is 2. The van der Waals surface area contributed by atoms with Crippen LogP contribution in [0.3, 0.4) is 0 Å². The summed E-state index contributed by atoms with van der Waals surface area (Å²) in [5, 5.41) is 2.89. The SMILES string of the molecule is CC[C@H](C)NC(=O)[C@H](CC)N(Cc1ccc(F)cc1)C(=O)CN(c1ccc(F)cc1)S(=O)(=O)c1ccc(OC)c(OC)c1. The molecule has 2 atom stereocenters. The summed E-state index contributed by atoms with van der Waals surface area (Å²) < 4.78 is 66.9. The number of ether oxygens (including phenoxy) is 2. The minimum atomic E-state index is -4.43. The highest BCUT2D eigenvalue weighted by atomic mass is 32.2. The van der Waals surface area contributed by atoms with Crippen molar-refractivity contribution in [2.24, 2.45) is 0 Å². The molecule has 0 radical (unpaired) electrons. The van der Waals surface area contributed by atoms with Crippen molar-refractivity contribution in [2.75, 3.05) is 25.1 Å². The van der Waals surface area contributed by atoms with Crippen LogP contribution in [0.1, 0.15) is 39.2 Å². The molecule has 9 nitrogen and oxygen atoms in total. The molecule has 2 amide bonds. The van der Waals surface area contributed by atoms with Gasteiger partial charge in [0.1, 0.15) is 24.2 Å². The van der Waals surface area contributed by atoms with Gasteiger partial charge in [-0.1, -0.05) is 26.0 Å². The maximum absolute atomic E-state index is 14.1. The number of carbonyl (C=O) groups is 2. The Bertz CT molecular complexity index is 1500. The van der Waals surface area contributed by atoms with Gasteiger partial charge in [-0.3, -0.25) is 13.9 Å². The summed E-state index contributed by atoms with van der Waals surface area (Å²) in [6, 6.07) is 13.0. The van der Waals surface area contributed by atoms with E-state index >= 15 is 0 Å². The van der Waals surface area contributed by atoms with Gasteiger partial charge in [-0.15, -0.1) is 0 Å². The fourth-order valence-electron chi connectivity index (χ4n) is 4.39. The normalized spacial score (nSPS) is 12.6. The maximum Gasteiger partial charge on any atom is 0.264 e. The molecule has 0 fully saturated rings. The predicted octanol–water partition coefficient (Wildman–Crippen LogP) is 4.90. The third kappa shape index (κ3) is 8.22. The fourth-order valence-corrected chi connectivity index (χ4v) is 5.82. The Balaban J connectivity index is 2.09. The van der Waals surface area contributed by atoms with Gasteiger partial charge < -0.3 is 19.7 Å². The molecule has 3 aromatic carbocycles. The molecule has 0 aliphatic carbocycles. The van der Waals surface area contributed by atoms with Crippen LogP contribution >= 0.6 is 0 Å². The Morgan fingerprint density at radius 1 is 0.860 bits per heavy atom. The smallest absolute Gasteiger partial charge is 0.264 e. The van der Waals surface area contributed by atoms with Crippen LogP contribution in [0.4, 0.5) is 14.5 Å². The number of anilines is 1. The number of sulfonamides is 1. The van der Waals surface area contributed by atoms with Gasteiger partial charge >= 0.3 is 0 Å². The molecule has 43 heavy (non-hydrogen) atoms. The molecule has 1 N–H and O–H groups in total. The summed E-state index contributed by atoms with van der Waals surface area (Å²) in [5.41, 5.74) is 0.573. The van der Waals surface area contributed by atoms with Crippen molar-refractivity contribution in [2.45, 2.75) is 57.1 Å². The van der Waals surface area contributed by atoms with Gasteiger partial charge in [0.05, 0.1) is 24.8 Å². The zero-order valence-electron chi connectivity index (χ0n) is 24.8. The van der Waals surface area contributed by atoms with E-state index in [1.54, 1.807) is 6.92 Å². The van der Waals surface area contributed by atoms with Gasteiger partial charge in [0.25, 0.3) is 10.0 Å². The number of nitrogens with one attached hydrogen (secondary N) is 1. The van der Waals surface area contributed by atoms with E-state index in [2.05, 4.69) is 5.32 Å². The van der Waals surface area contributed by atoms with E-state index in [4.69, 9.17) is 9.47 Å². The fraction of sp³-hybridized carbons (Fsp3) is 0.355. The zero-order chi connectivity index (χ0) is 31.7. The average Bonchev–Trinajstić information content (AvgIpc) is 3.00. The summed E-state index contributed by atoms with van der Waals surface area (Å²) in [4.78, 5) is 28.5. The van der Waals surface area contributed by atoms with Crippen LogP contribution in [-0.4, -0.2) is 58.0 Å². The summed E-state index contributed by atoms with van der Waals surface area (Å²) in [5.74, 6) is -1.70. The second-order valence-corrected chi connectivity index (χ2v) is 11.8. The van der Waals surface area contributed by atoms with Crippen molar-refractivity contribution in [1.29, 1.82) is 0 Å². The largest absolute Gasteiger partial charge is 0.493 e. The molecule has 12 heteroatoms. The number of hydrogen-bond acceptors (Lipinski definition) is 6. The average molecular weight is 618 g/mol. The van der Waals surface area contributed by atoms with E-state index in [1.165, 1.54) is 73.7 Å². The second kappa shape index (κ2) is 14.8. The predicted molar refractivity (Wildman–Crippen MR) is 159 cm³/mol. The molecule has 0 saturated heterocycles. The van der Waals surface area contributed by atoms with Gasteiger partial charge in [-0.05, 0) is 73.9 Å². The van der Waals surface area contributed by atoms with Crippen LogP contribution in [0.15, 0.2) is 71.6 Å². The van der Waals surface area contributed by atoms with Crippen molar-refractivity contribution in [1.82, 2.24) is 10.2 Å². The Labute approximate surface area is 251 Å². The van der Waals surface area contributed by atoms with Crippen molar-refractivity contribution in [3.8, 4) is 11.5 Å². The van der Waals surface area contributed by atoms with Crippen molar-refractivity contribution >= 4 is 27.5 Å². The van der Waals surface area contributed by atoms with Gasteiger partial charge in [-0.25, -0.2) is 17.2 Å². The molecule has 0 spiro atoms. The first-order chi connectivity index (χ1) is 20.4. The van der Waals surface area contributed by atoms with E-state index < -0.39 is 46.1 Å². The molecule has 0 aromatic heterocycles. The number of methoxy groups -OCH3 is 2. The second-order valence-electron chi connectivity index (χ2n) is 9.89. The molecule has 3 rings (SSSR count). The standard InChI is InChI=1S/C31H37F2N3O6S/c1-6-21(3)34-31(38)27(7-2)35(19-22-8-10-23(32)11-9-22)30(37)20-36(25-14-12-24(33)13-15-25)43(39,40)26-16-17-28(41-4)29(18-26)42-5/h8-18,21,27H,6-7,19-20H2,1-5H3,(H,34,38)/t21-,27-/m0/s1. The highest BCUT2D eigenvalue weighted by molar-refractivity contribution is 7.92. The highest BCUT2D eigenvalue weighted by Gasteiger charge is 2.34. The third-order valence-electron chi connectivity index (χ3n) is 6.99. The maximum atomic E-state index is 14.1. The molecular weight excluding hydrogens is 580 g/mol. The highest BCUT2D eigenvalue weighted by Crippen LogP contribution is 2.32. The Morgan fingerprint density at radius 2 is 1.44 bits per heavy atom. The van der Waals surface area contributed by atoms with Crippen LogP contribution in [-0.2, 0) is 26.2 Å². The molecule has 0 saturated carbocycles. The summed E-state index contributed by atoms with van der Waals surface area (Å²) in [6.45, 7) is 4.69. The number of hydrogen-bond donors (Lipinski definition) is 1. The summed E-state index contributed by atoms with van der Waals surface area (Å²) in [7, 11) is -1.66. The number of benzene rings is 3. The molecule has 0 unspecified atom stereocenters. The van der Waals surface area contributed by atoms with Crippen LogP contribution in [0, 0.1) is 11.6 Å². The quantitative estimate of drug-likeness (QED) is 0.276. The first kappa shape index (κ1) is 33.3. The Morgan fingerprint density at radius 3 is 1.98 bits per heavy atom. The van der Waals surface area contributed by atoms with Gasteiger partial charge in [0.2, 0.25) is 11.8 Å². The van der Waals surface area contributed by atoms with E-state index in [-0.39, 0.29) is 35.3 Å². The zero-order valence-corrected chi connectivity index (χ0v) is 25.7. The van der Waals surface area contributed by atoms with E-state index in [0.717, 1.165) is 16.4 Å². The topological polar surface area (TPSA) is 105 Å². The third-order valence-corrected chi connectivity index (χ3v) is 8.76. The van der Waals surface area contributed by atoms with Gasteiger partial charge in [0, 0.05) is 18.7 Å². The lowest BCUT2D eigenvalue weighted by Gasteiger charge is -2.33. The van der Waals surface area contributed by atoms with Crippen LogP contribution < -0.4 is 19.1 Å². The van der Waals surface area contributed by atoms with E-state index in [9.17, 15) is 26.8 Å². The van der Waals surface area contributed by atoms with Crippen LogP contribution in [0.25, 0.3) is 0 Å². The first-order valence-electron chi connectivity index (χ1n) is 13.8.